The molecule has 3 heteroatoms. The number of hydrogen-bond acceptors (Lipinski definition) is 2. The molecule has 2 aromatic rings. The van der Waals surface area contributed by atoms with Gasteiger partial charge in [0, 0.05) is 10.3 Å². The van der Waals surface area contributed by atoms with Gasteiger partial charge in [-0.3, -0.25) is 0 Å². The van der Waals surface area contributed by atoms with Crippen molar-refractivity contribution in [3.63, 3.8) is 0 Å². The number of fused-ring (bicyclic) bond motifs is 1. The molecular weight excluding hydrogens is 196 g/mol. The fourth-order valence-electron chi connectivity index (χ4n) is 1.40. The highest BCUT2D eigenvalue weighted by Crippen LogP contribution is 2.31. The Kier molecular flexibility index (Phi) is 2.27. The van der Waals surface area contributed by atoms with Crippen molar-refractivity contribution >= 4 is 27.4 Å². The summed E-state index contributed by atoms with van der Waals surface area (Å²) in [6, 6.07) is 10.9. The lowest BCUT2D eigenvalue weighted by molar-refractivity contribution is 0.480. The topological polar surface area (TPSA) is 40.5 Å². The van der Waals surface area contributed by atoms with Crippen LogP contribution in [0.3, 0.4) is 0 Å². The average Bonchev–Trinajstić information content (AvgIpc) is 2.17. The van der Waals surface area contributed by atoms with Crippen LogP contribution in [0.2, 0.25) is 0 Å². The highest BCUT2D eigenvalue weighted by Gasteiger charge is 2.02. The Morgan fingerprint density at radius 2 is 1.86 bits per heavy atom. The van der Waals surface area contributed by atoms with Crippen LogP contribution in [0.15, 0.2) is 41.3 Å². The molecule has 0 fully saturated rings. The maximum atomic E-state index is 9.67. The first-order chi connectivity index (χ1) is 6.68. The second-order valence-electron chi connectivity index (χ2n) is 3.03. The van der Waals surface area contributed by atoms with Crippen LogP contribution in [0.5, 0.6) is 5.75 Å². The summed E-state index contributed by atoms with van der Waals surface area (Å²) in [6.45, 7) is 0. The molecule has 0 saturated heterocycles. The van der Waals surface area contributed by atoms with Crippen LogP contribution in [-0.4, -0.2) is 15.5 Å². The quantitative estimate of drug-likeness (QED) is 0.704. The smallest absolute Gasteiger partial charge is 0.124 e. The molecule has 0 aromatic heterocycles. The van der Waals surface area contributed by atoms with E-state index in [4.69, 9.17) is 0 Å². The van der Waals surface area contributed by atoms with Gasteiger partial charge in [-0.05, 0) is 34.2 Å². The van der Waals surface area contributed by atoms with E-state index in [1.807, 2.05) is 30.3 Å². The van der Waals surface area contributed by atoms with E-state index < -0.39 is 10.8 Å². The Morgan fingerprint density at radius 3 is 2.57 bits per heavy atom. The van der Waals surface area contributed by atoms with Crippen molar-refractivity contribution in [3.05, 3.63) is 36.4 Å². The molecule has 2 nitrogen and oxygen atoms in total. The largest absolute Gasteiger partial charge is 0.507 e. The molecule has 0 aliphatic carbocycles. The number of hydrogen-bond donors (Lipinski definition) is 2. The molecule has 1 atom stereocenters. The molecule has 0 spiro atoms. The zero-order chi connectivity index (χ0) is 10.1. The lowest BCUT2D eigenvalue weighted by Crippen LogP contribution is -1.77. The molecule has 2 aromatic carbocycles. The Morgan fingerprint density at radius 1 is 1.14 bits per heavy atom. The van der Waals surface area contributed by atoms with Crippen LogP contribution in [0.4, 0.5) is 0 Å². The van der Waals surface area contributed by atoms with Gasteiger partial charge in [-0.15, -0.1) is 0 Å². The SMILES string of the molecule is C=S(O)c1cc(O)c2ccccc2c1. The predicted molar refractivity (Wildman–Crippen MR) is 61.2 cm³/mol. The molecule has 0 aliphatic heterocycles. The van der Waals surface area contributed by atoms with Crippen molar-refractivity contribution in [2.45, 2.75) is 4.90 Å². The minimum Gasteiger partial charge on any atom is -0.507 e. The maximum absolute atomic E-state index is 9.67. The van der Waals surface area contributed by atoms with Crippen molar-refractivity contribution in [3.8, 4) is 5.75 Å². The monoisotopic (exact) mass is 206 g/mol. The molecule has 0 aliphatic rings. The van der Waals surface area contributed by atoms with E-state index in [0.717, 1.165) is 10.8 Å². The standard InChI is InChI=1S/C11H10O2S/c1-14(13)9-6-8-4-2-3-5-10(8)11(12)7-9/h2-7,12-13H,1H2. The fourth-order valence-corrected chi connectivity index (χ4v) is 1.91. The van der Waals surface area contributed by atoms with Crippen LogP contribution in [-0.2, 0) is 0 Å². The van der Waals surface area contributed by atoms with Crippen molar-refractivity contribution < 1.29 is 9.66 Å². The van der Waals surface area contributed by atoms with E-state index in [0.29, 0.717) is 4.90 Å². The lowest BCUT2D eigenvalue weighted by atomic mass is 10.1. The van der Waals surface area contributed by atoms with Crippen molar-refractivity contribution in [2.24, 2.45) is 0 Å². The highest BCUT2D eigenvalue weighted by molar-refractivity contribution is 8.09. The summed E-state index contributed by atoms with van der Waals surface area (Å²) < 4.78 is 9.31. The minimum absolute atomic E-state index is 0.188. The van der Waals surface area contributed by atoms with Crippen LogP contribution in [0, 0.1) is 0 Å². The number of phenols is 1. The highest BCUT2D eigenvalue weighted by atomic mass is 32.2. The van der Waals surface area contributed by atoms with Gasteiger partial charge in [0.15, 0.2) is 0 Å². The van der Waals surface area contributed by atoms with E-state index in [9.17, 15) is 9.66 Å². The summed E-state index contributed by atoms with van der Waals surface area (Å²) in [4.78, 5) is 0.654. The zero-order valence-corrected chi connectivity index (χ0v) is 8.29. The molecule has 72 valence electrons. The third-order valence-electron chi connectivity index (χ3n) is 2.09. The third-order valence-corrected chi connectivity index (χ3v) is 2.87. The van der Waals surface area contributed by atoms with Gasteiger partial charge in [-0.25, -0.2) is 0 Å². The molecule has 0 radical (unpaired) electrons. The van der Waals surface area contributed by atoms with Gasteiger partial charge in [0.2, 0.25) is 0 Å². The first kappa shape index (κ1) is 9.24. The van der Waals surface area contributed by atoms with E-state index in [2.05, 4.69) is 5.87 Å². The van der Waals surface area contributed by atoms with E-state index >= 15 is 0 Å². The molecule has 0 heterocycles. The second-order valence-corrected chi connectivity index (χ2v) is 4.23. The molecule has 2 rings (SSSR count). The normalized spacial score (nSPS) is 12.9. The number of benzene rings is 2. The van der Waals surface area contributed by atoms with E-state index in [-0.39, 0.29) is 5.75 Å². The van der Waals surface area contributed by atoms with Gasteiger partial charge in [0.05, 0.1) is 0 Å². The van der Waals surface area contributed by atoms with Crippen LogP contribution < -0.4 is 0 Å². The summed E-state index contributed by atoms with van der Waals surface area (Å²) in [5.74, 6) is 3.72. The van der Waals surface area contributed by atoms with Gasteiger partial charge in [-0.1, -0.05) is 24.3 Å². The minimum atomic E-state index is -1.06. The van der Waals surface area contributed by atoms with Gasteiger partial charge in [0.25, 0.3) is 0 Å². The molecule has 0 amide bonds. The van der Waals surface area contributed by atoms with Gasteiger partial charge >= 0.3 is 0 Å². The number of rotatable bonds is 1. The summed E-state index contributed by atoms with van der Waals surface area (Å²) in [7, 11) is -1.06. The van der Waals surface area contributed by atoms with Gasteiger partial charge < -0.3 is 9.66 Å². The predicted octanol–water partition coefficient (Wildman–Crippen LogP) is 3.08. The summed E-state index contributed by atoms with van der Waals surface area (Å²) >= 11 is 0. The van der Waals surface area contributed by atoms with E-state index in [1.54, 1.807) is 6.07 Å². The maximum Gasteiger partial charge on any atom is 0.124 e. The van der Waals surface area contributed by atoms with Crippen molar-refractivity contribution in [1.82, 2.24) is 0 Å². The second kappa shape index (κ2) is 3.44. The van der Waals surface area contributed by atoms with Crippen LogP contribution in [0.1, 0.15) is 0 Å². The van der Waals surface area contributed by atoms with Crippen molar-refractivity contribution in [1.29, 1.82) is 0 Å². The molecule has 1 unspecified atom stereocenters. The number of aromatic hydroxyl groups is 1. The fraction of sp³-hybridized carbons (Fsp3) is 0. The lowest BCUT2D eigenvalue weighted by Gasteiger charge is -2.05. The molecule has 2 N–H and O–H groups in total. The van der Waals surface area contributed by atoms with Crippen molar-refractivity contribution in [2.75, 3.05) is 0 Å². The Labute approximate surface area is 84.6 Å². The van der Waals surface area contributed by atoms with Crippen LogP contribution in [0.25, 0.3) is 10.8 Å². The summed E-state index contributed by atoms with van der Waals surface area (Å²) in [5.41, 5.74) is 0. The third kappa shape index (κ3) is 1.52. The van der Waals surface area contributed by atoms with Gasteiger partial charge in [-0.2, -0.15) is 0 Å². The van der Waals surface area contributed by atoms with Crippen LogP contribution >= 0.6 is 10.8 Å². The first-order valence-electron chi connectivity index (χ1n) is 4.13. The molecule has 0 saturated carbocycles. The average molecular weight is 206 g/mol. The first-order valence-corrected chi connectivity index (χ1v) is 5.48. The Hall–Kier alpha value is -1.32. The van der Waals surface area contributed by atoms with Gasteiger partial charge in [0.1, 0.15) is 5.75 Å². The zero-order valence-electron chi connectivity index (χ0n) is 7.47. The number of phenolic OH excluding ortho intramolecular Hbond substituents is 1. The molecule has 0 bridgehead atoms. The molecular formula is C11H10O2S. The Bertz CT molecular complexity index is 506. The van der Waals surface area contributed by atoms with E-state index in [1.165, 1.54) is 0 Å². The summed E-state index contributed by atoms with van der Waals surface area (Å²) in [5, 5.41) is 11.4. The summed E-state index contributed by atoms with van der Waals surface area (Å²) in [6.07, 6.45) is 0. The Balaban J connectivity index is 2.78. The molecule has 14 heavy (non-hydrogen) atoms.